The highest BCUT2D eigenvalue weighted by Crippen LogP contribution is 2.33. The van der Waals surface area contributed by atoms with E-state index in [9.17, 15) is 13.9 Å². The van der Waals surface area contributed by atoms with Gasteiger partial charge in [0.2, 0.25) is 0 Å². The SMILES string of the molecule is O=S([O-])Oc1cccc(Br)c1O. The van der Waals surface area contributed by atoms with Crippen molar-refractivity contribution >= 4 is 27.3 Å². The van der Waals surface area contributed by atoms with E-state index in [2.05, 4.69) is 20.1 Å². The van der Waals surface area contributed by atoms with Crippen molar-refractivity contribution in [2.45, 2.75) is 0 Å². The highest BCUT2D eigenvalue weighted by Gasteiger charge is 2.05. The number of hydrogen-bond donors (Lipinski definition) is 1. The summed E-state index contributed by atoms with van der Waals surface area (Å²) in [6.45, 7) is 0. The zero-order chi connectivity index (χ0) is 9.14. The number of phenols is 1. The van der Waals surface area contributed by atoms with Crippen molar-refractivity contribution < 1.29 is 18.1 Å². The van der Waals surface area contributed by atoms with Gasteiger partial charge in [-0.05, 0) is 28.1 Å². The fraction of sp³-hybridized carbons (Fsp3) is 0. The topological polar surface area (TPSA) is 69.6 Å². The van der Waals surface area contributed by atoms with Crippen LogP contribution < -0.4 is 4.18 Å². The highest BCUT2D eigenvalue weighted by atomic mass is 79.9. The standard InChI is InChI=1S/C6H5BrO4S/c7-4-2-1-3-5(6(4)8)11-12(9)10/h1-3,8H,(H,9,10)/p-1. The third kappa shape index (κ3) is 2.20. The van der Waals surface area contributed by atoms with E-state index < -0.39 is 11.4 Å². The molecule has 66 valence electrons. The first-order chi connectivity index (χ1) is 5.61. The Hall–Kier alpha value is -0.590. The van der Waals surface area contributed by atoms with Gasteiger partial charge in [0, 0.05) is 0 Å². The van der Waals surface area contributed by atoms with Crippen LogP contribution in [0.25, 0.3) is 0 Å². The third-order valence-corrected chi connectivity index (χ3v) is 2.06. The molecule has 0 aliphatic rings. The molecule has 0 aromatic heterocycles. The van der Waals surface area contributed by atoms with Crippen LogP contribution in [-0.4, -0.2) is 13.9 Å². The average molecular weight is 252 g/mol. The molecule has 0 heterocycles. The minimum Gasteiger partial charge on any atom is -0.740 e. The van der Waals surface area contributed by atoms with Gasteiger partial charge in [-0.2, -0.15) is 0 Å². The van der Waals surface area contributed by atoms with Crippen molar-refractivity contribution in [3.8, 4) is 11.5 Å². The van der Waals surface area contributed by atoms with Crippen molar-refractivity contribution in [1.29, 1.82) is 0 Å². The van der Waals surface area contributed by atoms with E-state index in [1.807, 2.05) is 0 Å². The van der Waals surface area contributed by atoms with E-state index in [1.54, 1.807) is 12.1 Å². The van der Waals surface area contributed by atoms with E-state index >= 15 is 0 Å². The van der Waals surface area contributed by atoms with E-state index in [1.165, 1.54) is 6.07 Å². The molecule has 0 spiro atoms. The molecular formula is C6H4BrO4S-. The molecule has 0 amide bonds. The molecule has 1 aromatic carbocycles. The van der Waals surface area contributed by atoms with Gasteiger partial charge in [-0.25, -0.2) is 4.21 Å². The highest BCUT2D eigenvalue weighted by molar-refractivity contribution is 9.10. The zero-order valence-corrected chi connectivity index (χ0v) is 8.09. The first-order valence-electron chi connectivity index (χ1n) is 2.86. The van der Waals surface area contributed by atoms with Gasteiger partial charge in [0.1, 0.15) is 11.4 Å². The van der Waals surface area contributed by atoms with Crippen LogP contribution in [0.3, 0.4) is 0 Å². The predicted octanol–water partition coefficient (Wildman–Crippen LogP) is 1.33. The number of halogens is 1. The second-order valence-electron chi connectivity index (χ2n) is 1.87. The number of benzene rings is 1. The number of hydrogen-bond acceptors (Lipinski definition) is 4. The van der Waals surface area contributed by atoms with Crippen LogP contribution in [-0.2, 0) is 11.4 Å². The van der Waals surface area contributed by atoms with Gasteiger partial charge in [0.05, 0.1) is 4.47 Å². The van der Waals surface area contributed by atoms with Gasteiger partial charge in [-0.15, -0.1) is 0 Å². The van der Waals surface area contributed by atoms with E-state index in [4.69, 9.17) is 0 Å². The van der Waals surface area contributed by atoms with Crippen LogP contribution in [0.2, 0.25) is 0 Å². The number of aromatic hydroxyl groups is 1. The van der Waals surface area contributed by atoms with Crippen molar-refractivity contribution in [3.63, 3.8) is 0 Å². The molecule has 1 N–H and O–H groups in total. The van der Waals surface area contributed by atoms with E-state index in [0.717, 1.165) is 0 Å². The lowest BCUT2D eigenvalue weighted by molar-refractivity contribution is 0.407. The van der Waals surface area contributed by atoms with Gasteiger partial charge in [0.25, 0.3) is 0 Å². The molecule has 0 saturated heterocycles. The number of rotatable bonds is 2. The fourth-order valence-corrected chi connectivity index (χ4v) is 1.27. The summed E-state index contributed by atoms with van der Waals surface area (Å²) >= 11 is 0.339. The molecule has 6 heteroatoms. The van der Waals surface area contributed by atoms with Crippen LogP contribution in [0, 0.1) is 0 Å². The Kier molecular flexibility index (Phi) is 3.07. The molecular weight excluding hydrogens is 248 g/mol. The van der Waals surface area contributed by atoms with Gasteiger partial charge in [0.15, 0.2) is 11.5 Å². The Morgan fingerprint density at radius 2 is 2.25 bits per heavy atom. The van der Waals surface area contributed by atoms with Crippen molar-refractivity contribution in [2.24, 2.45) is 0 Å². The average Bonchev–Trinajstić information content (AvgIpc) is 1.98. The summed E-state index contributed by atoms with van der Waals surface area (Å²) in [5.41, 5.74) is 0. The Bertz CT molecular complexity index is 314. The first kappa shape index (κ1) is 9.50. The van der Waals surface area contributed by atoms with Gasteiger partial charge in [-0.1, -0.05) is 6.07 Å². The second-order valence-corrected chi connectivity index (χ2v) is 3.30. The molecule has 0 saturated carbocycles. The second kappa shape index (κ2) is 3.88. The normalized spacial score (nSPS) is 12.5. The minimum atomic E-state index is -2.67. The summed E-state index contributed by atoms with van der Waals surface area (Å²) in [4.78, 5) is 0. The lowest BCUT2D eigenvalue weighted by Crippen LogP contribution is -1.97. The van der Waals surface area contributed by atoms with Crippen molar-refractivity contribution in [1.82, 2.24) is 0 Å². The quantitative estimate of drug-likeness (QED) is 0.806. The fourth-order valence-electron chi connectivity index (χ4n) is 0.636. The summed E-state index contributed by atoms with van der Waals surface area (Å²) in [6, 6.07) is 4.46. The molecule has 12 heavy (non-hydrogen) atoms. The molecule has 1 unspecified atom stereocenters. The zero-order valence-electron chi connectivity index (χ0n) is 5.69. The lowest BCUT2D eigenvalue weighted by atomic mass is 10.3. The van der Waals surface area contributed by atoms with Crippen LogP contribution in [0.4, 0.5) is 0 Å². The molecule has 0 aliphatic carbocycles. The van der Waals surface area contributed by atoms with Crippen molar-refractivity contribution in [3.05, 3.63) is 22.7 Å². The molecule has 1 atom stereocenters. The summed E-state index contributed by atoms with van der Waals surface area (Å²) < 4.78 is 24.8. The van der Waals surface area contributed by atoms with E-state index in [0.29, 0.717) is 4.47 Å². The first-order valence-corrected chi connectivity index (χ1v) is 4.65. The number of phenolic OH excluding ortho intramolecular Hbond substituents is 1. The Labute approximate surface area is 79.8 Å². The summed E-state index contributed by atoms with van der Waals surface area (Å²) in [5, 5.41) is 9.20. The lowest BCUT2D eigenvalue weighted by Gasteiger charge is -2.08. The molecule has 0 bridgehead atoms. The third-order valence-electron chi connectivity index (χ3n) is 1.11. The van der Waals surface area contributed by atoms with Crippen molar-refractivity contribution in [2.75, 3.05) is 0 Å². The van der Waals surface area contributed by atoms with Crippen LogP contribution >= 0.6 is 15.9 Å². The monoisotopic (exact) mass is 251 g/mol. The van der Waals surface area contributed by atoms with E-state index in [-0.39, 0.29) is 11.5 Å². The van der Waals surface area contributed by atoms with Crippen LogP contribution in [0.15, 0.2) is 22.7 Å². The summed E-state index contributed by atoms with van der Waals surface area (Å²) in [6.07, 6.45) is 0. The molecule has 0 fully saturated rings. The molecule has 1 rings (SSSR count). The van der Waals surface area contributed by atoms with Gasteiger partial charge in [-0.3, -0.25) is 0 Å². The minimum absolute atomic E-state index is 0.0993. The maximum absolute atomic E-state index is 10.1. The maximum atomic E-state index is 10.1. The van der Waals surface area contributed by atoms with Crippen LogP contribution in [0.1, 0.15) is 0 Å². The predicted molar refractivity (Wildman–Crippen MR) is 45.4 cm³/mol. The Balaban J connectivity index is 3.00. The molecule has 1 aromatic rings. The van der Waals surface area contributed by atoms with Gasteiger partial charge < -0.3 is 13.8 Å². The Morgan fingerprint density at radius 1 is 1.58 bits per heavy atom. The summed E-state index contributed by atoms with van der Waals surface area (Å²) in [7, 11) is 0. The molecule has 0 radical (unpaired) electrons. The molecule has 4 nitrogen and oxygen atoms in total. The maximum Gasteiger partial charge on any atom is 0.181 e. The largest absolute Gasteiger partial charge is 0.740 e. The van der Waals surface area contributed by atoms with Gasteiger partial charge >= 0.3 is 0 Å². The smallest absolute Gasteiger partial charge is 0.181 e. The summed E-state index contributed by atoms with van der Waals surface area (Å²) in [5.74, 6) is -0.334. The van der Waals surface area contributed by atoms with Crippen LogP contribution in [0.5, 0.6) is 11.5 Å². The number of para-hydroxylation sites is 1. The Morgan fingerprint density at radius 3 is 2.83 bits per heavy atom. The molecule has 0 aliphatic heterocycles.